The highest BCUT2D eigenvalue weighted by Gasteiger charge is 2.30. The molecule has 1 fully saturated rings. The number of aromatic nitrogens is 1. The van der Waals surface area contributed by atoms with Gasteiger partial charge in [0.2, 0.25) is 0 Å². The Morgan fingerprint density at radius 3 is 2.79 bits per heavy atom. The molecular weight excluding hydrogens is 450 g/mol. The van der Waals surface area contributed by atoms with Gasteiger partial charge < -0.3 is 9.52 Å². The zero-order valence-corrected chi connectivity index (χ0v) is 19.2. The molecule has 1 amide bonds. The topological polar surface area (TPSA) is 96.0 Å². The molecule has 168 valence electrons. The predicted molar refractivity (Wildman–Crippen MR) is 133 cm³/mol. The molecule has 1 aliphatic rings. The molecule has 4 aromatic rings. The van der Waals surface area contributed by atoms with Crippen LogP contribution in [0.4, 0.5) is 5.69 Å². The van der Waals surface area contributed by atoms with Crippen molar-refractivity contribution in [2.45, 2.75) is 6.92 Å². The van der Waals surface area contributed by atoms with Crippen molar-refractivity contribution in [1.29, 1.82) is 0 Å². The van der Waals surface area contributed by atoms with E-state index in [0.717, 1.165) is 27.7 Å². The van der Waals surface area contributed by atoms with Gasteiger partial charge in [0.15, 0.2) is 5.17 Å². The zero-order chi connectivity index (χ0) is 23.8. The Morgan fingerprint density at radius 1 is 1.15 bits per heavy atom. The lowest BCUT2D eigenvalue weighted by Crippen LogP contribution is -2.23. The highest BCUT2D eigenvalue weighted by molar-refractivity contribution is 8.18. The predicted octanol–water partition coefficient (Wildman–Crippen LogP) is 5.74. The molecule has 0 unspecified atom stereocenters. The number of thioether (sulfide) groups is 1. The van der Waals surface area contributed by atoms with Crippen LogP contribution in [0.15, 0.2) is 81.2 Å². The number of hydrogen-bond acceptors (Lipinski definition) is 6. The number of nitrogens with zero attached hydrogens (tertiary/aromatic N) is 3. The van der Waals surface area contributed by atoms with Gasteiger partial charge in [-0.25, -0.2) is 9.79 Å². The summed E-state index contributed by atoms with van der Waals surface area (Å²) in [7, 11) is 1.69. The van der Waals surface area contributed by atoms with Crippen molar-refractivity contribution in [3.05, 3.63) is 88.7 Å². The van der Waals surface area contributed by atoms with Gasteiger partial charge in [-0.05, 0) is 72.8 Å². The van der Waals surface area contributed by atoms with E-state index in [1.54, 1.807) is 49.7 Å². The number of aryl methyl sites for hydroxylation is 1. The molecule has 2 aromatic heterocycles. The Kier molecular flexibility index (Phi) is 5.51. The van der Waals surface area contributed by atoms with Crippen LogP contribution in [0.5, 0.6) is 0 Å². The average molecular weight is 470 g/mol. The SMILES string of the molecule is Cc1cc(C(=O)O)ccc1-c1ccc(/C=C2\SC(=Nc3ccc4ncccc4c3)N(C)C2=O)o1. The number of aromatic carboxylic acids is 1. The van der Waals surface area contributed by atoms with E-state index in [0.29, 0.717) is 21.6 Å². The molecule has 5 rings (SSSR count). The van der Waals surface area contributed by atoms with E-state index in [1.165, 1.54) is 16.7 Å². The van der Waals surface area contributed by atoms with Crippen molar-refractivity contribution in [3.8, 4) is 11.3 Å². The van der Waals surface area contributed by atoms with Crippen molar-refractivity contribution >= 4 is 51.5 Å². The summed E-state index contributed by atoms with van der Waals surface area (Å²) in [4.78, 5) is 35.0. The Hall–Kier alpha value is -4.17. The molecule has 0 atom stereocenters. The summed E-state index contributed by atoms with van der Waals surface area (Å²) in [6, 6.07) is 18.0. The first kappa shape index (κ1) is 21.7. The maximum absolute atomic E-state index is 12.8. The second-order valence-electron chi connectivity index (χ2n) is 7.79. The Labute approximate surface area is 199 Å². The van der Waals surface area contributed by atoms with Crippen LogP contribution >= 0.6 is 11.8 Å². The van der Waals surface area contributed by atoms with Crippen LogP contribution in [-0.2, 0) is 4.79 Å². The number of benzene rings is 2. The summed E-state index contributed by atoms with van der Waals surface area (Å²) in [5.74, 6) is -0.00729. The standard InChI is InChI=1S/C26H19N3O4S/c1-15-12-17(25(31)32)5-8-20(15)22-10-7-19(33-22)14-23-24(30)29(2)26(34-23)28-18-6-9-21-16(13-18)4-3-11-27-21/h3-14H,1-2H3,(H,31,32)/b23-14-,28-26?. The van der Waals surface area contributed by atoms with Crippen molar-refractivity contribution in [2.75, 3.05) is 7.05 Å². The normalized spacial score (nSPS) is 16.2. The largest absolute Gasteiger partial charge is 0.478 e. The summed E-state index contributed by atoms with van der Waals surface area (Å²) >= 11 is 1.28. The van der Waals surface area contributed by atoms with Crippen LogP contribution in [0, 0.1) is 6.92 Å². The van der Waals surface area contributed by atoms with Crippen molar-refractivity contribution in [2.24, 2.45) is 4.99 Å². The molecule has 7 nitrogen and oxygen atoms in total. The van der Waals surface area contributed by atoms with Gasteiger partial charge in [-0.2, -0.15) is 0 Å². The second kappa shape index (κ2) is 8.64. The van der Waals surface area contributed by atoms with E-state index in [9.17, 15) is 9.59 Å². The molecule has 3 heterocycles. The number of carboxylic acids is 1. The first-order valence-corrected chi connectivity index (χ1v) is 11.3. The van der Waals surface area contributed by atoms with Gasteiger partial charge >= 0.3 is 5.97 Å². The van der Waals surface area contributed by atoms with E-state index in [2.05, 4.69) is 9.98 Å². The first-order chi connectivity index (χ1) is 16.4. The number of likely N-dealkylation sites (N-methyl/N-ethyl adjacent to an activating group) is 1. The quantitative estimate of drug-likeness (QED) is 0.383. The van der Waals surface area contributed by atoms with Gasteiger partial charge in [-0.3, -0.25) is 14.7 Å². The van der Waals surface area contributed by atoms with Gasteiger partial charge in [0, 0.05) is 30.3 Å². The second-order valence-corrected chi connectivity index (χ2v) is 8.80. The number of aliphatic imine (C=N–C) groups is 1. The molecule has 2 aromatic carbocycles. The third-order valence-electron chi connectivity index (χ3n) is 5.45. The minimum Gasteiger partial charge on any atom is -0.478 e. The van der Waals surface area contributed by atoms with Crippen molar-refractivity contribution in [3.63, 3.8) is 0 Å². The lowest BCUT2D eigenvalue weighted by molar-refractivity contribution is -0.121. The molecule has 1 saturated heterocycles. The Balaban J connectivity index is 1.40. The number of rotatable bonds is 4. The number of amidine groups is 1. The Bertz CT molecular complexity index is 1520. The summed E-state index contributed by atoms with van der Waals surface area (Å²) in [5.41, 5.74) is 3.44. The minimum atomic E-state index is -0.974. The maximum Gasteiger partial charge on any atom is 0.335 e. The van der Waals surface area contributed by atoms with E-state index in [1.807, 2.05) is 37.3 Å². The third kappa shape index (κ3) is 4.11. The molecule has 0 bridgehead atoms. The molecule has 0 radical (unpaired) electrons. The number of carbonyl (C=O) groups excluding carboxylic acids is 1. The van der Waals surface area contributed by atoms with Crippen molar-refractivity contribution < 1.29 is 19.1 Å². The smallest absolute Gasteiger partial charge is 0.335 e. The Morgan fingerprint density at radius 2 is 2.00 bits per heavy atom. The third-order valence-corrected chi connectivity index (χ3v) is 6.51. The van der Waals surface area contributed by atoms with Crippen LogP contribution in [0.25, 0.3) is 28.3 Å². The van der Waals surface area contributed by atoms with E-state index >= 15 is 0 Å². The summed E-state index contributed by atoms with van der Waals surface area (Å²) in [6.07, 6.45) is 3.44. The number of carbonyl (C=O) groups is 2. The van der Waals surface area contributed by atoms with Gasteiger partial charge in [-0.15, -0.1) is 0 Å². The lowest BCUT2D eigenvalue weighted by atomic mass is 10.0. The van der Waals surface area contributed by atoms with Crippen LogP contribution < -0.4 is 0 Å². The van der Waals surface area contributed by atoms with Crippen LogP contribution in [0.3, 0.4) is 0 Å². The fourth-order valence-corrected chi connectivity index (χ4v) is 4.64. The molecule has 0 aliphatic carbocycles. The fraction of sp³-hybridized carbons (Fsp3) is 0.0769. The number of hydrogen-bond donors (Lipinski definition) is 1. The molecule has 34 heavy (non-hydrogen) atoms. The molecule has 0 spiro atoms. The number of pyridine rings is 1. The summed E-state index contributed by atoms with van der Waals surface area (Å²) in [5, 5.41) is 10.7. The van der Waals surface area contributed by atoms with Gasteiger partial charge in [0.25, 0.3) is 5.91 Å². The molecule has 1 aliphatic heterocycles. The number of fused-ring (bicyclic) bond motifs is 1. The van der Waals surface area contributed by atoms with E-state index < -0.39 is 5.97 Å². The highest BCUT2D eigenvalue weighted by atomic mass is 32.2. The van der Waals surface area contributed by atoms with E-state index in [4.69, 9.17) is 9.52 Å². The van der Waals surface area contributed by atoms with Crippen LogP contribution in [-0.4, -0.2) is 39.1 Å². The van der Waals surface area contributed by atoms with Crippen LogP contribution in [0.2, 0.25) is 0 Å². The first-order valence-electron chi connectivity index (χ1n) is 10.4. The van der Waals surface area contributed by atoms with Gasteiger partial charge in [0.05, 0.1) is 21.7 Å². The maximum atomic E-state index is 12.8. The van der Waals surface area contributed by atoms with Gasteiger partial charge in [-0.1, -0.05) is 12.1 Å². The van der Waals surface area contributed by atoms with Crippen LogP contribution in [0.1, 0.15) is 21.7 Å². The highest BCUT2D eigenvalue weighted by Crippen LogP contribution is 2.35. The number of amides is 1. The van der Waals surface area contributed by atoms with Gasteiger partial charge in [0.1, 0.15) is 11.5 Å². The average Bonchev–Trinajstić information content (AvgIpc) is 3.39. The molecule has 8 heteroatoms. The minimum absolute atomic E-state index is 0.161. The fourth-order valence-electron chi connectivity index (χ4n) is 3.67. The molecular formula is C26H19N3O4S. The molecule has 1 N–H and O–H groups in total. The van der Waals surface area contributed by atoms with E-state index in [-0.39, 0.29) is 11.5 Å². The molecule has 0 saturated carbocycles. The monoisotopic (exact) mass is 469 g/mol. The summed E-state index contributed by atoms with van der Waals surface area (Å²) < 4.78 is 5.94. The lowest BCUT2D eigenvalue weighted by Gasteiger charge is -2.07. The zero-order valence-electron chi connectivity index (χ0n) is 18.4. The number of furan rings is 1. The number of carboxylic acid groups (broad SMARTS) is 1. The summed E-state index contributed by atoms with van der Waals surface area (Å²) in [6.45, 7) is 1.83. The van der Waals surface area contributed by atoms with Crippen molar-refractivity contribution in [1.82, 2.24) is 9.88 Å².